The van der Waals surface area contributed by atoms with Crippen molar-refractivity contribution < 1.29 is 9.18 Å². The number of rotatable bonds is 3. The third-order valence-corrected chi connectivity index (χ3v) is 5.27. The number of halogens is 1. The number of carbonyl (C=O) groups is 1. The summed E-state index contributed by atoms with van der Waals surface area (Å²) in [6, 6.07) is 12.4. The molecule has 0 radical (unpaired) electrons. The summed E-state index contributed by atoms with van der Waals surface area (Å²) in [6.45, 7) is 3.28. The lowest BCUT2D eigenvalue weighted by atomic mass is 10.00. The van der Waals surface area contributed by atoms with Crippen LogP contribution in [0.3, 0.4) is 0 Å². The fraction of sp³-hybridized carbons (Fsp3) is 0.222. The highest BCUT2D eigenvalue weighted by atomic mass is 32.1. The SMILES string of the molecule is Cc1ccc2nc(N3CC(C(=O)Nc4ccccc4F)C3)sc2c1. The van der Waals surface area contributed by atoms with Gasteiger partial charge in [0.05, 0.1) is 21.8 Å². The van der Waals surface area contributed by atoms with Crippen LogP contribution < -0.4 is 10.2 Å². The molecule has 0 bridgehead atoms. The smallest absolute Gasteiger partial charge is 0.231 e. The van der Waals surface area contributed by atoms with Gasteiger partial charge in [-0.25, -0.2) is 9.37 Å². The molecule has 3 aromatic rings. The second kappa shape index (κ2) is 5.87. The van der Waals surface area contributed by atoms with E-state index in [1.165, 1.54) is 11.6 Å². The average Bonchev–Trinajstić information content (AvgIpc) is 2.90. The van der Waals surface area contributed by atoms with Crippen LogP contribution in [0.15, 0.2) is 42.5 Å². The molecule has 4 nitrogen and oxygen atoms in total. The predicted octanol–water partition coefficient (Wildman–Crippen LogP) is 3.82. The maximum atomic E-state index is 13.6. The normalized spacial score (nSPS) is 14.7. The van der Waals surface area contributed by atoms with Gasteiger partial charge in [0.25, 0.3) is 0 Å². The number of carbonyl (C=O) groups excluding carboxylic acids is 1. The Hall–Kier alpha value is -2.47. The molecule has 1 amide bonds. The van der Waals surface area contributed by atoms with E-state index >= 15 is 0 Å². The Morgan fingerprint density at radius 1 is 1.29 bits per heavy atom. The van der Waals surface area contributed by atoms with E-state index in [4.69, 9.17) is 0 Å². The predicted molar refractivity (Wildman–Crippen MR) is 95.1 cm³/mol. The summed E-state index contributed by atoms with van der Waals surface area (Å²) in [5, 5.41) is 3.60. The van der Waals surface area contributed by atoms with E-state index in [-0.39, 0.29) is 17.5 Å². The number of hydrogen-bond donors (Lipinski definition) is 1. The van der Waals surface area contributed by atoms with Gasteiger partial charge in [0.2, 0.25) is 5.91 Å². The van der Waals surface area contributed by atoms with E-state index < -0.39 is 5.82 Å². The molecule has 1 aliphatic rings. The van der Waals surface area contributed by atoms with Gasteiger partial charge < -0.3 is 10.2 Å². The lowest BCUT2D eigenvalue weighted by Crippen LogP contribution is -2.52. The van der Waals surface area contributed by atoms with Gasteiger partial charge in [-0.2, -0.15) is 0 Å². The number of nitrogens with one attached hydrogen (secondary N) is 1. The van der Waals surface area contributed by atoms with Crippen molar-refractivity contribution in [3.63, 3.8) is 0 Å². The molecular formula is C18H16FN3OS. The highest BCUT2D eigenvalue weighted by Gasteiger charge is 2.34. The average molecular weight is 341 g/mol. The molecule has 24 heavy (non-hydrogen) atoms. The molecule has 1 aromatic heterocycles. The molecule has 0 atom stereocenters. The van der Waals surface area contributed by atoms with Gasteiger partial charge in [0.1, 0.15) is 5.82 Å². The molecule has 122 valence electrons. The van der Waals surface area contributed by atoms with Gasteiger partial charge in [0.15, 0.2) is 5.13 Å². The number of fused-ring (bicyclic) bond motifs is 1. The molecule has 1 aliphatic heterocycles. The van der Waals surface area contributed by atoms with Gasteiger partial charge in [-0.05, 0) is 36.8 Å². The summed E-state index contributed by atoms with van der Waals surface area (Å²) in [4.78, 5) is 18.9. The molecule has 1 N–H and O–H groups in total. The number of thiazole rings is 1. The first-order valence-corrected chi connectivity index (χ1v) is 8.59. The van der Waals surface area contributed by atoms with Crippen LogP contribution in [0.5, 0.6) is 0 Å². The highest BCUT2D eigenvalue weighted by molar-refractivity contribution is 7.22. The van der Waals surface area contributed by atoms with Crippen molar-refractivity contribution in [2.45, 2.75) is 6.92 Å². The van der Waals surface area contributed by atoms with Crippen molar-refractivity contribution in [2.24, 2.45) is 5.92 Å². The Kier molecular flexibility index (Phi) is 3.69. The Balaban J connectivity index is 1.42. The number of amides is 1. The minimum atomic E-state index is -0.413. The topological polar surface area (TPSA) is 45.2 Å². The Bertz CT molecular complexity index is 918. The van der Waals surface area contributed by atoms with Crippen molar-refractivity contribution in [1.29, 1.82) is 0 Å². The number of aromatic nitrogens is 1. The summed E-state index contributed by atoms with van der Waals surface area (Å²) < 4.78 is 14.8. The summed E-state index contributed by atoms with van der Waals surface area (Å²) in [6.07, 6.45) is 0. The van der Waals surface area contributed by atoms with Crippen LogP contribution in [0, 0.1) is 18.7 Å². The maximum Gasteiger partial charge on any atom is 0.231 e. The van der Waals surface area contributed by atoms with Crippen LogP contribution in [-0.2, 0) is 4.79 Å². The van der Waals surface area contributed by atoms with Gasteiger partial charge in [0, 0.05) is 13.1 Å². The van der Waals surface area contributed by atoms with Crippen LogP contribution in [0.1, 0.15) is 5.56 Å². The summed E-state index contributed by atoms with van der Waals surface area (Å²) in [5.74, 6) is -0.699. The molecule has 2 heterocycles. The first-order chi connectivity index (χ1) is 11.6. The van der Waals surface area contributed by atoms with E-state index in [0.717, 1.165) is 15.3 Å². The van der Waals surface area contributed by atoms with E-state index in [0.29, 0.717) is 13.1 Å². The zero-order valence-electron chi connectivity index (χ0n) is 13.1. The van der Waals surface area contributed by atoms with Crippen LogP contribution in [0.25, 0.3) is 10.2 Å². The van der Waals surface area contributed by atoms with Crippen molar-refractivity contribution in [2.75, 3.05) is 23.3 Å². The monoisotopic (exact) mass is 341 g/mol. The maximum absolute atomic E-state index is 13.6. The largest absolute Gasteiger partial charge is 0.346 e. The highest BCUT2D eigenvalue weighted by Crippen LogP contribution is 2.33. The first-order valence-electron chi connectivity index (χ1n) is 7.78. The van der Waals surface area contributed by atoms with Gasteiger partial charge in [-0.3, -0.25) is 4.79 Å². The Morgan fingerprint density at radius 2 is 2.08 bits per heavy atom. The van der Waals surface area contributed by atoms with Crippen LogP contribution in [0.2, 0.25) is 0 Å². The third-order valence-electron chi connectivity index (χ3n) is 4.19. The summed E-state index contributed by atoms with van der Waals surface area (Å²) >= 11 is 1.64. The quantitative estimate of drug-likeness (QED) is 0.788. The van der Waals surface area contributed by atoms with Crippen molar-refractivity contribution in [3.05, 3.63) is 53.8 Å². The second-order valence-electron chi connectivity index (χ2n) is 6.04. The summed E-state index contributed by atoms with van der Waals surface area (Å²) in [5.41, 5.74) is 2.43. The number of nitrogens with zero attached hydrogens (tertiary/aromatic N) is 2. The summed E-state index contributed by atoms with van der Waals surface area (Å²) in [7, 11) is 0. The number of aryl methyl sites for hydroxylation is 1. The van der Waals surface area contributed by atoms with Crippen LogP contribution >= 0.6 is 11.3 Å². The van der Waals surface area contributed by atoms with Crippen molar-refractivity contribution in [1.82, 2.24) is 4.98 Å². The van der Waals surface area contributed by atoms with E-state index in [1.54, 1.807) is 29.5 Å². The molecule has 4 rings (SSSR count). The third kappa shape index (κ3) is 2.73. The van der Waals surface area contributed by atoms with Crippen LogP contribution in [-0.4, -0.2) is 24.0 Å². The fourth-order valence-corrected chi connectivity index (χ4v) is 3.83. The number of para-hydroxylation sites is 1. The minimum Gasteiger partial charge on any atom is -0.346 e. The zero-order chi connectivity index (χ0) is 16.7. The molecular weight excluding hydrogens is 325 g/mol. The standard InChI is InChI=1S/C18H16FN3OS/c1-11-6-7-15-16(8-11)24-18(21-15)22-9-12(10-22)17(23)20-14-5-3-2-4-13(14)19/h2-8,12H,9-10H2,1H3,(H,20,23). The molecule has 0 unspecified atom stereocenters. The Labute approximate surface area is 142 Å². The lowest BCUT2D eigenvalue weighted by Gasteiger charge is -2.37. The first kappa shape index (κ1) is 15.1. The van der Waals surface area contributed by atoms with Crippen molar-refractivity contribution >= 4 is 38.3 Å². The molecule has 1 saturated heterocycles. The lowest BCUT2D eigenvalue weighted by molar-refractivity contribution is -0.120. The van der Waals surface area contributed by atoms with Gasteiger partial charge >= 0.3 is 0 Å². The number of anilines is 2. The molecule has 0 spiro atoms. The second-order valence-corrected chi connectivity index (χ2v) is 7.05. The van der Waals surface area contributed by atoms with E-state index in [9.17, 15) is 9.18 Å². The molecule has 1 fully saturated rings. The number of hydrogen-bond acceptors (Lipinski definition) is 4. The van der Waals surface area contributed by atoms with E-state index in [2.05, 4.69) is 28.2 Å². The van der Waals surface area contributed by atoms with Crippen LogP contribution in [0.4, 0.5) is 15.2 Å². The molecule has 0 saturated carbocycles. The molecule has 6 heteroatoms. The minimum absolute atomic E-state index is 0.140. The fourth-order valence-electron chi connectivity index (χ4n) is 2.75. The number of benzene rings is 2. The molecule has 0 aliphatic carbocycles. The molecule has 2 aromatic carbocycles. The van der Waals surface area contributed by atoms with Gasteiger partial charge in [-0.15, -0.1) is 0 Å². The van der Waals surface area contributed by atoms with Crippen molar-refractivity contribution in [3.8, 4) is 0 Å². The van der Waals surface area contributed by atoms with E-state index in [1.807, 2.05) is 12.1 Å². The van der Waals surface area contributed by atoms with Gasteiger partial charge in [-0.1, -0.05) is 29.5 Å². The zero-order valence-corrected chi connectivity index (χ0v) is 13.9. The Morgan fingerprint density at radius 3 is 2.88 bits per heavy atom.